The van der Waals surface area contributed by atoms with Crippen molar-refractivity contribution in [1.29, 1.82) is 0 Å². The molecule has 0 saturated heterocycles. The van der Waals surface area contributed by atoms with Gasteiger partial charge in [-0.2, -0.15) is 0 Å². The minimum atomic E-state index is -0.0327. The van der Waals surface area contributed by atoms with Gasteiger partial charge in [0, 0.05) is 16.8 Å². The van der Waals surface area contributed by atoms with E-state index in [-0.39, 0.29) is 12.3 Å². The number of carbonyl (C=O) groups excluding carboxylic acids is 1. The molecule has 4 nitrogen and oxygen atoms in total. The third-order valence-corrected chi connectivity index (χ3v) is 5.96. The number of aromatic nitrogens is 1. The third kappa shape index (κ3) is 5.11. The van der Waals surface area contributed by atoms with Crippen molar-refractivity contribution in [3.63, 3.8) is 0 Å². The van der Waals surface area contributed by atoms with E-state index in [9.17, 15) is 9.90 Å². The van der Waals surface area contributed by atoms with Crippen LogP contribution in [0.1, 0.15) is 45.4 Å². The molecule has 3 aromatic rings. The molecule has 0 amide bonds. The number of aliphatic imine (C=N–C) groups is 1. The van der Waals surface area contributed by atoms with Crippen LogP contribution in [0, 0.1) is 13.8 Å². The molecule has 1 N–H and O–H groups in total. The van der Waals surface area contributed by atoms with Crippen molar-refractivity contribution in [1.82, 2.24) is 4.98 Å². The fraction of sp³-hybridized carbons (Fsp3) is 0.261. The fourth-order valence-electron chi connectivity index (χ4n) is 3.06. The highest BCUT2D eigenvalue weighted by molar-refractivity contribution is 7.17. The number of aromatic hydroxyl groups is 1. The van der Waals surface area contributed by atoms with Gasteiger partial charge in [-0.05, 0) is 61.2 Å². The van der Waals surface area contributed by atoms with E-state index >= 15 is 0 Å². The van der Waals surface area contributed by atoms with Crippen LogP contribution in [0.5, 0.6) is 5.75 Å². The molecular weight excluding hydrogens is 404 g/mol. The van der Waals surface area contributed by atoms with Crippen molar-refractivity contribution in [2.24, 2.45) is 4.99 Å². The van der Waals surface area contributed by atoms with Crippen LogP contribution in [0.3, 0.4) is 0 Å². The number of nitrogens with zero attached hydrogens (tertiary/aromatic N) is 2. The molecule has 1 aromatic heterocycles. The predicted molar refractivity (Wildman–Crippen MR) is 121 cm³/mol. The van der Waals surface area contributed by atoms with Crippen LogP contribution in [0.15, 0.2) is 41.4 Å². The van der Waals surface area contributed by atoms with Crippen molar-refractivity contribution >= 4 is 34.9 Å². The first-order chi connectivity index (χ1) is 13.9. The van der Waals surface area contributed by atoms with Crippen molar-refractivity contribution in [2.75, 3.05) is 6.54 Å². The number of ketones is 1. The van der Waals surface area contributed by atoms with Gasteiger partial charge in [0.15, 0.2) is 5.78 Å². The van der Waals surface area contributed by atoms with E-state index in [1.165, 1.54) is 11.3 Å². The molecule has 6 heteroatoms. The van der Waals surface area contributed by atoms with Crippen LogP contribution < -0.4 is 0 Å². The van der Waals surface area contributed by atoms with Crippen LogP contribution >= 0.6 is 22.9 Å². The Bertz CT molecular complexity index is 1030. The Morgan fingerprint density at radius 1 is 1.21 bits per heavy atom. The van der Waals surface area contributed by atoms with E-state index in [2.05, 4.69) is 11.9 Å². The van der Waals surface area contributed by atoms with Crippen molar-refractivity contribution < 1.29 is 9.90 Å². The van der Waals surface area contributed by atoms with Gasteiger partial charge in [-0.3, -0.25) is 9.79 Å². The van der Waals surface area contributed by atoms with Gasteiger partial charge in [0.25, 0.3) is 0 Å². The second kappa shape index (κ2) is 9.33. The Hall–Kier alpha value is -2.50. The van der Waals surface area contributed by atoms with E-state index in [4.69, 9.17) is 16.6 Å². The molecule has 0 aliphatic rings. The first-order valence-corrected chi connectivity index (χ1v) is 10.7. The largest absolute Gasteiger partial charge is 0.507 e. The Morgan fingerprint density at radius 2 is 1.86 bits per heavy atom. The SMILES string of the molecule is CCCc1nc(-c2ccc(Cl)cc2)sc1C(=O)CN=Cc1cc(C)c(O)c(C)c1. The van der Waals surface area contributed by atoms with Gasteiger partial charge in [-0.1, -0.05) is 37.1 Å². The zero-order chi connectivity index (χ0) is 21.0. The fourth-order valence-corrected chi connectivity index (χ4v) is 4.23. The second-order valence-electron chi connectivity index (χ2n) is 6.95. The summed E-state index contributed by atoms with van der Waals surface area (Å²) >= 11 is 7.38. The number of hydrogen-bond donors (Lipinski definition) is 1. The second-order valence-corrected chi connectivity index (χ2v) is 8.38. The molecule has 0 aliphatic heterocycles. The van der Waals surface area contributed by atoms with Gasteiger partial charge in [0.05, 0.1) is 10.6 Å². The van der Waals surface area contributed by atoms with Crippen molar-refractivity contribution in [2.45, 2.75) is 33.6 Å². The lowest BCUT2D eigenvalue weighted by atomic mass is 10.1. The average Bonchev–Trinajstić information content (AvgIpc) is 3.11. The molecule has 0 spiro atoms. The smallest absolute Gasteiger partial charge is 0.196 e. The maximum Gasteiger partial charge on any atom is 0.196 e. The lowest BCUT2D eigenvalue weighted by Crippen LogP contribution is -2.05. The summed E-state index contributed by atoms with van der Waals surface area (Å²) in [6.07, 6.45) is 3.35. The van der Waals surface area contributed by atoms with Gasteiger partial charge in [0.1, 0.15) is 17.3 Å². The van der Waals surface area contributed by atoms with Crippen molar-refractivity contribution in [3.05, 3.63) is 68.7 Å². The topological polar surface area (TPSA) is 62.5 Å². The number of Topliss-reactive ketones (excluding diaryl/α,β-unsaturated/α-hetero) is 1. The summed E-state index contributed by atoms with van der Waals surface area (Å²) in [7, 11) is 0. The number of benzene rings is 2. The van der Waals surface area contributed by atoms with Gasteiger partial charge in [-0.15, -0.1) is 11.3 Å². The van der Waals surface area contributed by atoms with E-state index in [1.807, 2.05) is 50.2 Å². The first kappa shape index (κ1) is 21.2. The number of thiazole rings is 1. The molecule has 0 unspecified atom stereocenters. The van der Waals surface area contributed by atoms with Crippen LogP contribution in [0.25, 0.3) is 10.6 Å². The molecule has 2 aromatic carbocycles. The van der Waals surface area contributed by atoms with Crippen LogP contribution in [-0.2, 0) is 6.42 Å². The highest BCUT2D eigenvalue weighted by Crippen LogP contribution is 2.30. The van der Waals surface area contributed by atoms with Crippen LogP contribution in [-0.4, -0.2) is 28.6 Å². The summed E-state index contributed by atoms with van der Waals surface area (Å²) in [4.78, 5) is 22.5. The monoisotopic (exact) mass is 426 g/mol. The van der Waals surface area contributed by atoms with Gasteiger partial charge in [-0.25, -0.2) is 4.98 Å². The van der Waals surface area contributed by atoms with E-state index < -0.39 is 0 Å². The number of phenols is 1. The molecule has 0 aliphatic carbocycles. The Morgan fingerprint density at radius 3 is 2.48 bits per heavy atom. The van der Waals surface area contributed by atoms with Gasteiger partial charge < -0.3 is 5.11 Å². The zero-order valence-electron chi connectivity index (χ0n) is 16.7. The van der Waals surface area contributed by atoms with Gasteiger partial charge >= 0.3 is 0 Å². The number of phenolic OH excluding ortho intramolecular Hbond substituents is 1. The minimum Gasteiger partial charge on any atom is -0.507 e. The lowest BCUT2D eigenvalue weighted by molar-refractivity contribution is 0.100. The Balaban J connectivity index is 1.80. The van der Waals surface area contributed by atoms with Gasteiger partial charge in [0.2, 0.25) is 0 Å². The molecule has 29 heavy (non-hydrogen) atoms. The minimum absolute atomic E-state index is 0.0327. The molecular formula is C23H23ClN2O2S. The van der Waals surface area contributed by atoms with Crippen molar-refractivity contribution in [3.8, 4) is 16.3 Å². The number of aryl methyl sites for hydroxylation is 3. The first-order valence-electron chi connectivity index (χ1n) is 9.48. The molecule has 0 radical (unpaired) electrons. The Labute approximate surface area is 179 Å². The lowest BCUT2D eigenvalue weighted by Gasteiger charge is -2.04. The summed E-state index contributed by atoms with van der Waals surface area (Å²) in [6.45, 7) is 5.83. The molecule has 150 valence electrons. The quantitative estimate of drug-likeness (QED) is 0.370. The molecule has 1 heterocycles. The third-order valence-electron chi connectivity index (χ3n) is 4.52. The van der Waals surface area contributed by atoms with Crippen LogP contribution in [0.2, 0.25) is 5.02 Å². The summed E-state index contributed by atoms with van der Waals surface area (Å²) in [5, 5.41) is 11.4. The highest BCUT2D eigenvalue weighted by Gasteiger charge is 2.18. The van der Waals surface area contributed by atoms with E-state index in [1.54, 1.807) is 6.21 Å². The summed E-state index contributed by atoms with van der Waals surface area (Å²) < 4.78 is 0. The number of halogens is 1. The molecule has 0 saturated carbocycles. The van der Waals surface area contributed by atoms with E-state index in [0.717, 1.165) is 45.8 Å². The highest BCUT2D eigenvalue weighted by atomic mass is 35.5. The Kier molecular flexibility index (Phi) is 6.83. The number of carbonyl (C=O) groups is 1. The summed E-state index contributed by atoms with van der Waals surface area (Å²) in [5.74, 6) is 0.261. The average molecular weight is 427 g/mol. The molecule has 0 bridgehead atoms. The standard InChI is InChI=1S/C23H23ClN2O2S/c1-4-5-19-22(29-23(26-19)17-6-8-18(24)9-7-17)20(27)13-25-12-16-10-14(2)21(28)15(3)11-16/h6-12,28H,4-5,13H2,1-3H3. The molecule has 0 fully saturated rings. The van der Waals surface area contributed by atoms with E-state index in [0.29, 0.717) is 15.6 Å². The summed E-state index contributed by atoms with van der Waals surface area (Å²) in [6, 6.07) is 11.2. The zero-order valence-corrected chi connectivity index (χ0v) is 18.3. The number of hydrogen-bond acceptors (Lipinski definition) is 5. The number of rotatable bonds is 7. The normalized spacial score (nSPS) is 11.3. The molecule has 3 rings (SSSR count). The maximum absolute atomic E-state index is 12.8. The molecule has 0 atom stereocenters. The van der Waals surface area contributed by atoms with Crippen LogP contribution in [0.4, 0.5) is 0 Å². The maximum atomic E-state index is 12.8. The summed E-state index contributed by atoms with van der Waals surface area (Å²) in [5.41, 5.74) is 4.23. The predicted octanol–water partition coefficient (Wildman–Crippen LogP) is 6.04.